The third-order valence-corrected chi connectivity index (χ3v) is 5.75. The molecular formula is C17H24N2O5S. The smallest absolute Gasteiger partial charge is 0.245 e. The molecule has 2 aromatic rings. The number of rotatable bonds is 7. The van der Waals surface area contributed by atoms with E-state index in [1.165, 1.54) is 0 Å². The molecule has 138 valence electrons. The monoisotopic (exact) mass is 368 g/mol. The fourth-order valence-corrected chi connectivity index (χ4v) is 4.10. The number of methoxy groups -OCH3 is 2. The lowest BCUT2D eigenvalue weighted by atomic mass is 9.85. The number of nitrogens with zero attached hydrogens (tertiary/aromatic N) is 1. The summed E-state index contributed by atoms with van der Waals surface area (Å²) in [5, 5.41) is 3.70. The second-order valence-electron chi connectivity index (χ2n) is 6.43. The van der Waals surface area contributed by atoms with Gasteiger partial charge in [0.1, 0.15) is 10.6 Å². The predicted molar refractivity (Wildman–Crippen MR) is 93.7 cm³/mol. The topological polar surface area (TPSA) is 90.7 Å². The van der Waals surface area contributed by atoms with Crippen molar-refractivity contribution in [1.82, 2.24) is 9.88 Å². The maximum Gasteiger partial charge on any atom is 0.245 e. The van der Waals surface area contributed by atoms with Gasteiger partial charge in [0.25, 0.3) is 0 Å². The first-order valence-electron chi connectivity index (χ1n) is 7.77. The zero-order valence-corrected chi connectivity index (χ0v) is 16.2. The van der Waals surface area contributed by atoms with Crippen molar-refractivity contribution in [3.63, 3.8) is 0 Å². The molecule has 0 saturated carbocycles. The molecule has 0 aliphatic heterocycles. The van der Waals surface area contributed by atoms with Crippen LogP contribution in [0.4, 0.5) is 0 Å². The lowest BCUT2D eigenvalue weighted by molar-refractivity contribution is 0.353. The van der Waals surface area contributed by atoms with Gasteiger partial charge in [0.15, 0.2) is 17.3 Å². The van der Waals surface area contributed by atoms with Crippen LogP contribution in [0.15, 0.2) is 27.6 Å². The van der Waals surface area contributed by atoms with E-state index in [1.807, 2.05) is 26.0 Å². The highest BCUT2D eigenvalue weighted by molar-refractivity contribution is 7.89. The molecule has 1 aromatic carbocycles. The van der Waals surface area contributed by atoms with Gasteiger partial charge in [0.2, 0.25) is 10.0 Å². The minimum atomic E-state index is -3.71. The molecule has 0 spiro atoms. The summed E-state index contributed by atoms with van der Waals surface area (Å²) in [5.41, 5.74) is 0.798. The average Bonchev–Trinajstić information content (AvgIpc) is 2.92. The summed E-state index contributed by atoms with van der Waals surface area (Å²) in [6.45, 7) is 7.28. The Bertz CT molecular complexity index is 836. The van der Waals surface area contributed by atoms with E-state index in [1.54, 1.807) is 34.1 Å². The molecule has 8 heteroatoms. The van der Waals surface area contributed by atoms with Crippen molar-refractivity contribution in [2.45, 2.75) is 38.0 Å². The van der Waals surface area contributed by atoms with Gasteiger partial charge in [-0.3, -0.25) is 0 Å². The molecule has 0 amide bonds. The lowest BCUT2D eigenvalue weighted by Gasteiger charge is -2.26. The van der Waals surface area contributed by atoms with E-state index < -0.39 is 15.4 Å². The summed E-state index contributed by atoms with van der Waals surface area (Å²) in [4.78, 5) is 0.0932. The van der Waals surface area contributed by atoms with Crippen LogP contribution in [0.5, 0.6) is 11.5 Å². The molecule has 0 unspecified atom stereocenters. The van der Waals surface area contributed by atoms with E-state index in [0.29, 0.717) is 17.2 Å². The molecular weight excluding hydrogens is 344 g/mol. The number of nitrogens with one attached hydrogen (secondary N) is 1. The molecule has 0 fully saturated rings. The van der Waals surface area contributed by atoms with E-state index >= 15 is 0 Å². The Kier molecular flexibility index (Phi) is 5.43. The van der Waals surface area contributed by atoms with Gasteiger partial charge in [0, 0.05) is 12.0 Å². The molecule has 2 rings (SSSR count). The van der Waals surface area contributed by atoms with Crippen LogP contribution in [0.3, 0.4) is 0 Å². The van der Waals surface area contributed by atoms with Crippen LogP contribution in [0.25, 0.3) is 0 Å². The Balaban J connectivity index is 2.24. The zero-order chi connectivity index (χ0) is 18.8. The number of hydrogen-bond donors (Lipinski definition) is 1. The summed E-state index contributed by atoms with van der Waals surface area (Å²) < 4.78 is 43.3. The summed E-state index contributed by atoms with van der Waals surface area (Å²) in [7, 11) is -0.576. The number of ether oxygens (including phenoxy) is 2. The molecule has 1 N–H and O–H groups in total. The fraction of sp³-hybridized carbons (Fsp3) is 0.471. The first-order valence-corrected chi connectivity index (χ1v) is 9.25. The zero-order valence-electron chi connectivity index (χ0n) is 15.3. The average molecular weight is 368 g/mol. The molecule has 7 nitrogen and oxygen atoms in total. The van der Waals surface area contributed by atoms with E-state index in [9.17, 15) is 8.42 Å². The number of aryl methyl sites for hydroxylation is 2. The highest BCUT2D eigenvalue weighted by Crippen LogP contribution is 2.33. The highest BCUT2D eigenvalue weighted by atomic mass is 32.2. The van der Waals surface area contributed by atoms with Crippen LogP contribution in [0.2, 0.25) is 0 Å². The second kappa shape index (κ2) is 7.05. The standard InChI is InChI=1S/C17H24N2O5S/c1-11-16(12(2)24-19-11)25(20,21)18-10-17(3,4)13-7-8-14(22-5)15(9-13)23-6/h7-9,18H,10H2,1-6H3. The Hall–Kier alpha value is -2.06. The summed E-state index contributed by atoms with van der Waals surface area (Å²) in [5.74, 6) is 1.49. The highest BCUT2D eigenvalue weighted by Gasteiger charge is 2.28. The second-order valence-corrected chi connectivity index (χ2v) is 8.14. The summed E-state index contributed by atoms with van der Waals surface area (Å²) in [6, 6.07) is 5.55. The van der Waals surface area contributed by atoms with E-state index in [2.05, 4.69) is 9.88 Å². The number of sulfonamides is 1. The largest absolute Gasteiger partial charge is 0.493 e. The molecule has 0 atom stereocenters. The van der Waals surface area contributed by atoms with Gasteiger partial charge in [0.05, 0.1) is 14.2 Å². The molecule has 0 bridgehead atoms. The summed E-state index contributed by atoms with van der Waals surface area (Å²) in [6.07, 6.45) is 0. The van der Waals surface area contributed by atoms with Gasteiger partial charge in [-0.25, -0.2) is 13.1 Å². The van der Waals surface area contributed by atoms with E-state index in [4.69, 9.17) is 14.0 Å². The molecule has 1 heterocycles. The first kappa shape index (κ1) is 19.3. The van der Waals surface area contributed by atoms with Crippen LogP contribution < -0.4 is 14.2 Å². The minimum absolute atomic E-state index is 0.0932. The van der Waals surface area contributed by atoms with Gasteiger partial charge >= 0.3 is 0 Å². The van der Waals surface area contributed by atoms with Crippen molar-refractivity contribution in [2.24, 2.45) is 0 Å². The van der Waals surface area contributed by atoms with Gasteiger partial charge in [-0.05, 0) is 31.5 Å². The number of benzene rings is 1. The molecule has 0 saturated heterocycles. The first-order chi connectivity index (χ1) is 11.6. The van der Waals surface area contributed by atoms with Crippen LogP contribution in [0.1, 0.15) is 30.9 Å². The van der Waals surface area contributed by atoms with Crippen molar-refractivity contribution in [2.75, 3.05) is 20.8 Å². The summed E-state index contributed by atoms with van der Waals surface area (Å²) >= 11 is 0. The lowest BCUT2D eigenvalue weighted by Crippen LogP contribution is -2.37. The van der Waals surface area contributed by atoms with Gasteiger partial charge < -0.3 is 14.0 Å². The normalized spacial score (nSPS) is 12.2. The van der Waals surface area contributed by atoms with Crippen molar-refractivity contribution < 1.29 is 22.4 Å². The Morgan fingerprint density at radius 3 is 2.32 bits per heavy atom. The molecule has 25 heavy (non-hydrogen) atoms. The maximum atomic E-state index is 12.6. The van der Waals surface area contributed by atoms with Gasteiger partial charge in [-0.15, -0.1) is 0 Å². The fourth-order valence-electron chi connectivity index (χ4n) is 2.57. The van der Waals surface area contributed by atoms with E-state index in [-0.39, 0.29) is 17.2 Å². The minimum Gasteiger partial charge on any atom is -0.493 e. The van der Waals surface area contributed by atoms with Crippen molar-refractivity contribution in [3.05, 3.63) is 35.2 Å². The van der Waals surface area contributed by atoms with Crippen molar-refractivity contribution >= 4 is 10.0 Å². The van der Waals surface area contributed by atoms with Gasteiger partial charge in [-0.1, -0.05) is 25.1 Å². The number of aromatic nitrogens is 1. The maximum absolute atomic E-state index is 12.6. The third kappa shape index (κ3) is 3.96. The third-order valence-electron chi connectivity index (χ3n) is 4.11. The Labute approximate surface area is 148 Å². The molecule has 0 aliphatic carbocycles. The predicted octanol–water partition coefficient (Wildman–Crippen LogP) is 2.56. The van der Waals surface area contributed by atoms with Crippen molar-refractivity contribution in [1.29, 1.82) is 0 Å². The molecule has 1 aromatic heterocycles. The molecule has 0 radical (unpaired) electrons. The van der Waals surface area contributed by atoms with E-state index in [0.717, 1.165) is 5.56 Å². The number of hydrogen-bond acceptors (Lipinski definition) is 6. The van der Waals surface area contributed by atoms with Gasteiger partial charge in [-0.2, -0.15) is 0 Å². The van der Waals surface area contributed by atoms with Crippen LogP contribution in [-0.4, -0.2) is 34.3 Å². The Morgan fingerprint density at radius 2 is 1.80 bits per heavy atom. The van der Waals surface area contributed by atoms with Crippen LogP contribution in [0, 0.1) is 13.8 Å². The van der Waals surface area contributed by atoms with Crippen molar-refractivity contribution in [3.8, 4) is 11.5 Å². The molecule has 0 aliphatic rings. The van der Waals surface area contributed by atoms with Crippen LogP contribution >= 0.6 is 0 Å². The SMILES string of the molecule is COc1ccc(C(C)(C)CNS(=O)(=O)c2c(C)noc2C)cc1OC. The van der Waals surface area contributed by atoms with Crippen LogP contribution in [-0.2, 0) is 15.4 Å². The quantitative estimate of drug-likeness (QED) is 0.808. The Morgan fingerprint density at radius 1 is 1.16 bits per heavy atom.